The zero-order valence-corrected chi connectivity index (χ0v) is 18.8. The molecule has 8 nitrogen and oxygen atoms in total. The second kappa shape index (κ2) is 14.9. The van der Waals surface area contributed by atoms with E-state index in [2.05, 4.69) is 22.5 Å². The number of ether oxygens (including phenoxy) is 2. The molecule has 0 aliphatic rings. The summed E-state index contributed by atoms with van der Waals surface area (Å²) in [5.41, 5.74) is 1.65. The molecule has 0 spiro atoms. The van der Waals surface area contributed by atoms with Crippen LogP contribution in [0.15, 0.2) is 24.3 Å². The zero-order chi connectivity index (χ0) is 23.1. The van der Waals surface area contributed by atoms with Gasteiger partial charge in [-0.15, -0.1) is 0 Å². The van der Waals surface area contributed by atoms with Crippen LogP contribution in [0.3, 0.4) is 0 Å². The molecule has 0 radical (unpaired) electrons. The molecule has 1 aromatic carbocycles. The van der Waals surface area contributed by atoms with Gasteiger partial charge in [0.05, 0.1) is 26.3 Å². The Kier molecular flexibility index (Phi) is 12.5. The lowest BCUT2D eigenvalue weighted by atomic mass is 10.2. The van der Waals surface area contributed by atoms with Gasteiger partial charge in [-0.25, -0.2) is 4.79 Å². The van der Waals surface area contributed by atoms with Crippen molar-refractivity contribution < 1.29 is 23.9 Å². The molecule has 0 bridgehead atoms. The molecule has 0 aliphatic carbocycles. The summed E-state index contributed by atoms with van der Waals surface area (Å²) in [5, 5.41) is 5.68. The Morgan fingerprint density at radius 2 is 1.84 bits per heavy atom. The second-order valence-electron chi connectivity index (χ2n) is 7.32. The smallest absolute Gasteiger partial charge is 0.410 e. The molecular formula is C23H33N3O5. The van der Waals surface area contributed by atoms with Crippen molar-refractivity contribution in [2.24, 2.45) is 5.92 Å². The lowest BCUT2D eigenvalue weighted by Crippen LogP contribution is -2.27. The molecule has 2 amide bonds. The highest BCUT2D eigenvalue weighted by Crippen LogP contribution is 2.11. The van der Waals surface area contributed by atoms with E-state index in [4.69, 9.17) is 9.47 Å². The molecule has 0 saturated carbocycles. The van der Waals surface area contributed by atoms with Crippen LogP contribution in [0.4, 0.5) is 10.5 Å². The number of rotatable bonds is 12. The third-order valence-corrected chi connectivity index (χ3v) is 3.97. The van der Waals surface area contributed by atoms with Crippen molar-refractivity contribution in [2.45, 2.75) is 33.8 Å². The molecule has 1 aromatic rings. The Bertz CT molecular complexity index is 766. The minimum Gasteiger partial charge on any atom is -0.445 e. The highest BCUT2D eigenvalue weighted by molar-refractivity contribution is 5.83. The van der Waals surface area contributed by atoms with Crippen LogP contribution in [-0.4, -0.2) is 62.6 Å². The summed E-state index contributed by atoms with van der Waals surface area (Å²) in [6, 6.07) is 7.34. The number of benzene rings is 1. The van der Waals surface area contributed by atoms with Gasteiger partial charge in [0.1, 0.15) is 6.61 Å². The van der Waals surface area contributed by atoms with Crippen LogP contribution in [0.5, 0.6) is 0 Å². The minimum absolute atomic E-state index is 0.0288. The van der Waals surface area contributed by atoms with Crippen molar-refractivity contribution in [3.63, 3.8) is 0 Å². The third kappa shape index (κ3) is 13.0. The number of anilines is 1. The van der Waals surface area contributed by atoms with Crippen molar-refractivity contribution in [1.82, 2.24) is 10.2 Å². The van der Waals surface area contributed by atoms with Crippen molar-refractivity contribution >= 4 is 23.5 Å². The van der Waals surface area contributed by atoms with E-state index in [9.17, 15) is 14.4 Å². The van der Waals surface area contributed by atoms with Crippen molar-refractivity contribution in [2.75, 3.05) is 45.2 Å². The number of nitrogens with one attached hydrogen (secondary N) is 2. The number of hydrogen-bond acceptors (Lipinski definition) is 6. The Balaban J connectivity index is 2.25. The number of ketones is 1. The molecule has 0 unspecified atom stereocenters. The van der Waals surface area contributed by atoms with Gasteiger partial charge in [0.15, 0.2) is 5.78 Å². The average molecular weight is 432 g/mol. The summed E-state index contributed by atoms with van der Waals surface area (Å²) in [6.45, 7) is 7.26. The molecule has 0 fully saturated rings. The molecule has 0 saturated heterocycles. The molecule has 0 atom stereocenters. The van der Waals surface area contributed by atoms with E-state index >= 15 is 0 Å². The lowest BCUT2D eigenvalue weighted by molar-refractivity contribution is -0.120. The summed E-state index contributed by atoms with van der Waals surface area (Å²) in [7, 11) is 1.65. The van der Waals surface area contributed by atoms with E-state index in [0.29, 0.717) is 32.7 Å². The Morgan fingerprint density at radius 3 is 2.48 bits per heavy atom. The fourth-order valence-electron chi connectivity index (χ4n) is 2.28. The fraction of sp³-hybridized carbons (Fsp3) is 0.522. The topological polar surface area (TPSA) is 97.0 Å². The Morgan fingerprint density at radius 1 is 1.13 bits per heavy atom. The predicted octanol–water partition coefficient (Wildman–Crippen LogP) is 2.44. The predicted molar refractivity (Wildman–Crippen MR) is 119 cm³/mol. The van der Waals surface area contributed by atoms with Gasteiger partial charge in [-0.05, 0) is 17.7 Å². The number of nitrogens with zero attached hydrogens (tertiary/aromatic N) is 1. The first-order valence-electron chi connectivity index (χ1n) is 10.3. The normalized spacial score (nSPS) is 10.1. The maximum atomic E-state index is 12.0. The van der Waals surface area contributed by atoms with Gasteiger partial charge in [0.2, 0.25) is 5.91 Å². The van der Waals surface area contributed by atoms with Crippen LogP contribution < -0.4 is 10.6 Å². The zero-order valence-electron chi connectivity index (χ0n) is 18.8. The van der Waals surface area contributed by atoms with Crippen LogP contribution in [0.25, 0.3) is 0 Å². The molecule has 31 heavy (non-hydrogen) atoms. The van der Waals surface area contributed by atoms with Crippen molar-refractivity contribution in [1.29, 1.82) is 0 Å². The molecule has 0 aliphatic heterocycles. The first-order valence-corrected chi connectivity index (χ1v) is 10.3. The number of hydrogen-bond donors (Lipinski definition) is 2. The monoisotopic (exact) mass is 431 g/mol. The Labute approximate surface area is 184 Å². The van der Waals surface area contributed by atoms with Crippen LogP contribution in [0.2, 0.25) is 0 Å². The number of amides is 2. The van der Waals surface area contributed by atoms with E-state index < -0.39 is 6.09 Å². The maximum absolute atomic E-state index is 12.0. The molecule has 0 aromatic heterocycles. The third-order valence-electron chi connectivity index (χ3n) is 3.97. The van der Waals surface area contributed by atoms with Gasteiger partial charge in [-0.3, -0.25) is 9.59 Å². The van der Waals surface area contributed by atoms with E-state index in [0.717, 1.165) is 11.3 Å². The van der Waals surface area contributed by atoms with Crippen LogP contribution >= 0.6 is 0 Å². The first-order chi connectivity index (χ1) is 14.8. The number of Topliss-reactive ketones (excluding diaryl/α,β-unsaturated/α-hetero) is 1. The molecular weight excluding hydrogens is 398 g/mol. The van der Waals surface area contributed by atoms with E-state index in [1.165, 1.54) is 11.8 Å². The van der Waals surface area contributed by atoms with E-state index in [1.807, 2.05) is 38.1 Å². The quantitative estimate of drug-likeness (QED) is 0.390. The van der Waals surface area contributed by atoms with Gasteiger partial charge in [0, 0.05) is 38.5 Å². The minimum atomic E-state index is -0.426. The fourth-order valence-corrected chi connectivity index (χ4v) is 2.28. The standard InChI is InChI=1S/C23H33N3O5/c1-18(2)6-5-13-26(4)23(29)31-17-20-7-9-21(10-8-20)25-16-22(28)11-14-30-15-12-24-19(3)27/h7-10,18,25H,11-17H2,1-4H3,(H,24,27). The molecule has 1 rings (SSSR count). The summed E-state index contributed by atoms with van der Waals surface area (Å²) < 4.78 is 10.6. The summed E-state index contributed by atoms with van der Waals surface area (Å²) in [4.78, 5) is 36.0. The number of carbonyl (C=O) groups is 3. The first kappa shape index (κ1) is 26.0. The van der Waals surface area contributed by atoms with Gasteiger partial charge >= 0.3 is 6.09 Å². The van der Waals surface area contributed by atoms with Crippen LogP contribution in [0.1, 0.15) is 32.8 Å². The summed E-state index contributed by atoms with van der Waals surface area (Å²) in [6.07, 6.45) is -0.124. The molecule has 170 valence electrons. The summed E-state index contributed by atoms with van der Waals surface area (Å²) >= 11 is 0. The van der Waals surface area contributed by atoms with Gasteiger partial charge in [-0.2, -0.15) is 0 Å². The molecule has 0 heterocycles. The van der Waals surface area contributed by atoms with Gasteiger partial charge in [0.25, 0.3) is 0 Å². The second-order valence-corrected chi connectivity index (χ2v) is 7.32. The highest BCUT2D eigenvalue weighted by Gasteiger charge is 2.09. The van der Waals surface area contributed by atoms with Crippen molar-refractivity contribution in [3.8, 4) is 11.8 Å². The van der Waals surface area contributed by atoms with E-state index in [-0.39, 0.29) is 30.8 Å². The summed E-state index contributed by atoms with van der Waals surface area (Å²) in [5.74, 6) is 6.13. The maximum Gasteiger partial charge on any atom is 0.410 e. The largest absolute Gasteiger partial charge is 0.445 e. The average Bonchev–Trinajstić information content (AvgIpc) is 2.73. The van der Waals surface area contributed by atoms with Crippen LogP contribution in [0, 0.1) is 17.8 Å². The lowest BCUT2D eigenvalue weighted by Gasteiger charge is -2.14. The molecule has 2 N–H and O–H groups in total. The van der Waals surface area contributed by atoms with Gasteiger partial charge < -0.3 is 25.0 Å². The van der Waals surface area contributed by atoms with E-state index in [1.54, 1.807) is 7.05 Å². The highest BCUT2D eigenvalue weighted by atomic mass is 16.6. The van der Waals surface area contributed by atoms with Crippen molar-refractivity contribution in [3.05, 3.63) is 29.8 Å². The van der Waals surface area contributed by atoms with Crippen LogP contribution in [-0.2, 0) is 25.7 Å². The SMILES string of the molecule is CC(=O)NCCOCCC(=O)CNc1ccc(COC(=O)N(C)CC#CC(C)C)cc1. The molecule has 8 heteroatoms. The van der Waals surface area contributed by atoms with Gasteiger partial charge in [-0.1, -0.05) is 37.8 Å². The Hall–Kier alpha value is -3.05. The number of carbonyl (C=O) groups excluding carboxylic acids is 3.